The Hall–Kier alpha value is -2.73. The number of hydrogen-bond acceptors (Lipinski definition) is 7. The number of benzene rings is 1. The summed E-state index contributed by atoms with van der Waals surface area (Å²) in [5.74, 6) is 0.527. The van der Waals surface area contributed by atoms with Crippen molar-refractivity contribution in [3.05, 3.63) is 41.0 Å². The lowest BCUT2D eigenvalue weighted by Crippen LogP contribution is -2.35. The molecular weight excluding hydrogens is 447 g/mol. The average molecular weight is 469 g/mol. The molecule has 3 heterocycles. The number of fused-ring (bicyclic) bond motifs is 3. The highest BCUT2D eigenvalue weighted by Gasteiger charge is 2.36. The fourth-order valence-electron chi connectivity index (χ4n) is 3.97. The van der Waals surface area contributed by atoms with Gasteiger partial charge in [-0.15, -0.1) is 0 Å². The van der Waals surface area contributed by atoms with Gasteiger partial charge in [0.2, 0.25) is 5.95 Å². The minimum Gasteiger partial charge on any atom is -0.392 e. The van der Waals surface area contributed by atoms with Crippen molar-refractivity contribution in [2.45, 2.75) is 50.5 Å². The van der Waals surface area contributed by atoms with Crippen LogP contribution in [0.25, 0.3) is 11.0 Å². The molecule has 2 aromatic heterocycles. The molecule has 12 heteroatoms. The van der Waals surface area contributed by atoms with Gasteiger partial charge in [0, 0.05) is 31.1 Å². The minimum absolute atomic E-state index is 0.0247. The van der Waals surface area contributed by atoms with E-state index in [9.17, 15) is 26.7 Å². The summed E-state index contributed by atoms with van der Waals surface area (Å²) >= 11 is 0. The van der Waals surface area contributed by atoms with Crippen molar-refractivity contribution in [3.8, 4) is 0 Å². The molecule has 8 nitrogen and oxygen atoms in total. The van der Waals surface area contributed by atoms with Crippen LogP contribution in [0.3, 0.4) is 0 Å². The highest BCUT2D eigenvalue weighted by molar-refractivity contribution is 7.90. The Morgan fingerprint density at radius 2 is 1.91 bits per heavy atom. The van der Waals surface area contributed by atoms with E-state index in [1.54, 1.807) is 11.8 Å². The predicted molar refractivity (Wildman–Crippen MR) is 111 cm³/mol. The van der Waals surface area contributed by atoms with E-state index >= 15 is 0 Å². The van der Waals surface area contributed by atoms with Crippen molar-refractivity contribution in [1.29, 1.82) is 0 Å². The maximum absolute atomic E-state index is 13.5. The van der Waals surface area contributed by atoms with Crippen LogP contribution in [-0.2, 0) is 42.1 Å². The molecule has 0 amide bonds. The van der Waals surface area contributed by atoms with Crippen molar-refractivity contribution in [3.63, 3.8) is 0 Å². The summed E-state index contributed by atoms with van der Waals surface area (Å²) in [6.45, 7) is 2.21. The number of aryl methyl sites for hydroxylation is 1. The Balaban J connectivity index is 1.73. The summed E-state index contributed by atoms with van der Waals surface area (Å²) in [7, 11) is -3.56. The van der Waals surface area contributed by atoms with Crippen LogP contribution in [0.2, 0.25) is 0 Å². The number of hydrogen-bond donors (Lipinski definition) is 1. The third kappa shape index (κ3) is 4.04. The van der Waals surface area contributed by atoms with Gasteiger partial charge < -0.3 is 14.6 Å². The van der Waals surface area contributed by atoms with Crippen molar-refractivity contribution in [2.75, 3.05) is 17.7 Å². The van der Waals surface area contributed by atoms with E-state index in [0.717, 1.165) is 6.26 Å². The van der Waals surface area contributed by atoms with Gasteiger partial charge in [-0.1, -0.05) is 13.3 Å². The molecule has 0 radical (unpaired) electrons. The van der Waals surface area contributed by atoms with Gasteiger partial charge in [0.1, 0.15) is 5.82 Å². The molecule has 0 aliphatic carbocycles. The first-order chi connectivity index (χ1) is 15.0. The SMILES string of the molecule is CCCc1cnc(N2CCn3c(nc4cc(CO)c(S(C)(=O)=O)cc43)C2)nc1C(F)(F)F. The third-order valence-corrected chi connectivity index (χ3v) is 6.61. The minimum atomic E-state index is -4.58. The fraction of sp³-hybridized carbons (Fsp3) is 0.450. The molecule has 4 rings (SSSR count). The topological polar surface area (TPSA) is 101 Å². The summed E-state index contributed by atoms with van der Waals surface area (Å²) < 4.78 is 66.6. The molecule has 0 spiro atoms. The maximum Gasteiger partial charge on any atom is 0.433 e. The van der Waals surface area contributed by atoms with Crippen molar-refractivity contribution in [1.82, 2.24) is 19.5 Å². The Morgan fingerprint density at radius 1 is 1.16 bits per heavy atom. The standard InChI is InChI=1S/C20H22F3N5O3S/c1-3-4-12-9-24-19(26-18(12)20(21,22)23)27-5-6-28-15-8-16(32(2,30)31)13(11-29)7-14(15)25-17(28)10-27/h7-9,29H,3-6,10-11H2,1-2H3. The molecular formula is C20H22F3N5O3S. The van der Waals surface area contributed by atoms with Crippen LogP contribution in [0, 0.1) is 0 Å². The second-order valence-electron chi connectivity index (χ2n) is 7.77. The highest BCUT2D eigenvalue weighted by atomic mass is 32.2. The molecule has 0 saturated heterocycles. The molecule has 0 atom stereocenters. The van der Waals surface area contributed by atoms with E-state index in [0.29, 0.717) is 36.4 Å². The molecule has 0 bridgehead atoms. The van der Waals surface area contributed by atoms with Crippen molar-refractivity contribution >= 4 is 26.8 Å². The Labute approximate surface area is 182 Å². The summed E-state index contributed by atoms with van der Waals surface area (Å²) in [5.41, 5.74) is 0.490. The number of anilines is 1. The van der Waals surface area contributed by atoms with Gasteiger partial charge in [0.25, 0.3) is 0 Å². The lowest BCUT2D eigenvalue weighted by Gasteiger charge is -2.28. The van der Waals surface area contributed by atoms with Crippen molar-refractivity contribution in [2.24, 2.45) is 0 Å². The van der Waals surface area contributed by atoms with E-state index < -0.39 is 28.3 Å². The first kappa shape index (κ1) is 22.5. The number of sulfone groups is 1. The van der Waals surface area contributed by atoms with Gasteiger partial charge in [-0.25, -0.2) is 23.4 Å². The number of aromatic nitrogens is 4. The normalized spacial score (nSPS) is 14.8. The highest BCUT2D eigenvalue weighted by Crippen LogP contribution is 2.33. The van der Waals surface area contributed by atoms with Gasteiger partial charge in [0.05, 0.1) is 29.1 Å². The molecule has 172 valence electrons. The largest absolute Gasteiger partial charge is 0.433 e. The quantitative estimate of drug-likeness (QED) is 0.613. The second kappa shape index (κ2) is 8.00. The first-order valence-corrected chi connectivity index (χ1v) is 11.9. The fourth-order valence-corrected chi connectivity index (χ4v) is 4.90. The van der Waals surface area contributed by atoms with Crippen LogP contribution in [0.1, 0.15) is 36.0 Å². The predicted octanol–water partition coefficient (Wildman–Crippen LogP) is 2.71. The zero-order valence-electron chi connectivity index (χ0n) is 17.5. The van der Waals surface area contributed by atoms with Crippen molar-refractivity contribution < 1.29 is 26.7 Å². The van der Waals surface area contributed by atoms with E-state index in [2.05, 4.69) is 15.0 Å². The zero-order valence-corrected chi connectivity index (χ0v) is 18.3. The molecule has 1 aliphatic rings. The van der Waals surface area contributed by atoms with Crippen LogP contribution in [0.5, 0.6) is 0 Å². The average Bonchev–Trinajstić information content (AvgIpc) is 3.08. The summed E-state index contributed by atoms with van der Waals surface area (Å²) in [6, 6.07) is 3.01. The summed E-state index contributed by atoms with van der Waals surface area (Å²) in [5, 5.41) is 9.57. The van der Waals surface area contributed by atoms with E-state index in [4.69, 9.17) is 0 Å². The molecule has 0 unspecified atom stereocenters. The van der Waals surface area contributed by atoms with Crippen LogP contribution in [0.15, 0.2) is 23.2 Å². The Bertz CT molecular complexity index is 1290. The monoisotopic (exact) mass is 469 g/mol. The number of aliphatic hydroxyl groups excluding tert-OH is 1. The van der Waals surface area contributed by atoms with Gasteiger partial charge in [-0.3, -0.25) is 0 Å². The molecule has 3 aromatic rings. The Kier molecular flexibility index (Phi) is 5.61. The van der Waals surface area contributed by atoms with Crippen LogP contribution < -0.4 is 4.90 Å². The van der Waals surface area contributed by atoms with E-state index in [-0.39, 0.29) is 34.9 Å². The maximum atomic E-state index is 13.5. The van der Waals surface area contributed by atoms with E-state index in [1.807, 2.05) is 4.57 Å². The Morgan fingerprint density at radius 3 is 2.53 bits per heavy atom. The summed E-state index contributed by atoms with van der Waals surface area (Å²) in [4.78, 5) is 14.2. The lowest BCUT2D eigenvalue weighted by molar-refractivity contribution is -0.141. The molecule has 1 aliphatic heterocycles. The molecule has 0 fully saturated rings. The molecule has 1 aromatic carbocycles. The van der Waals surface area contributed by atoms with Crippen LogP contribution in [-0.4, -0.2) is 45.8 Å². The third-order valence-electron chi connectivity index (χ3n) is 5.43. The number of alkyl halides is 3. The number of imidazole rings is 1. The van der Waals surface area contributed by atoms with E-state index in [1.165, 1.54) is 18.3 Å². The molecule has 32 heavy (non-hydrogen) atoms. The van der Waals surface area contributed by atoms with Gasteiger partial charge in [-0.05, 0) is 24.1 Å². The number of rotatable bonds is 5. The number of aliphatic hydroxyl groups is 1. The lowest BCUT2D eigenvalue weighted by atomic mass is 10.1. The van der Waals surface area contributed by atoms with Crippen LogP contribution in [0.4, 0.5) is 19.1 Å². The zero-order chi connectivity index (χ0) is 23.3. The van der Waals surface area contributed by atoms with Gasteiger partial charge in [-0.2, -0.15) is 13.2 Å². The smallest absolute Gasteiger partial charge is 0.392 e. The first-order valence-electron chi connectivity index (χ1n) is 10.0. The number of halogens is 3. The summed E-state index contributed by atoms with van der Waals surface area (Å²) in [6.07, 6.45) is -1.49. The molecule has 1 N–H and O–H groups in total. The van der Waals surface area contributed by atoms with Gasteiger partial charge >= 0.3 is 6.18 Å². The van der Waals surface area contributed by atoms with Crippen LogP contribution >= 0.6 is 0 Å². The molecule has 0 saturated carbocycles. The van der Waals surface area contributed by atoms with Gasteiger partial charge in [0.15, 0.2) is 15.5 Å². The number of nitrogens with zero attached hydrogens (tertiary/aromatic N) is 5. The second-order valence-corrected chi connectivity index (χ2v) is 9.76.